The number of benzene rings is 2. The summed E-state index contributed by atoms with van der Waals surface area (Å²) in [5.41, 5.74) is 1.70. The first-order valence-corrected chi connectivity index (χ1v) is 11.3. The molecule has 2 aromatic carbocycles. The molecule has 7 nitrogen and oxygen atoms in total. The Labute approximate surface area is 189 Å². The van der Waals surface area contributed by atoms with Gasteiger partial charge in [-0.25, -0.2) is 0 Å². The van der Waals surface area contributed by atoms with E-state index in [4.69, 9.17) is 18.9 Å². The summed E-state index contributed by atoms with van der Waals surface area (Å²) >= 11 is 0. The molecule has 0 amide bonds. The number of ketones is 1. The second kappa shape index (κ2) is 10.7. The maximum atomic E-state index is 12.8. The number of rotatable bonds is 9. The first-order chi connectivity index (χ1) is 15.7. The monoisotopic (exact) mass is 440 g/mol. The molecule has 4 rings (SSSR count). The molecule has 0 saturated carbocycles. The zero-order valence-corrected chi connectivity index (χ0v) is 18.9. The number of ether oxygens (including phenoxy) is 4. The maximum absolute atomic E-state index is 12.8. The number of fused-ring (bicyclic) bond motifs is 1. The van der Waals surface area contributed by atoms with Crippen molar-refractivity contribution in [3.05, 3.63) is 47.5 Å². The summed E-state index contributed by atoms with van der Waals surface area (Å²) in [4.78, 5) is 15.3. The van der Waals surface area contributed by atoms with Crippen LogP contribution in [0.4, 0.5) is 0 Å². The molecule has 2 aromatic rings. The molecular weight excluding hydrogens is 408 g/mol. The molecule has 1 saturated heterocycles. The van der Waals surface area contributed by atoms with Crippen molar-refractivity contribution < 1.29 is 23.7 Å². The Kier molecular flexibility index (Phi) is 7.50. The van der Waals surface area contributed by atoms with Crippen LogP contribution >= 0.6 is 0 Å². The molecule has 0 bridgehead atoms. The molecule has 1 fully saturated rings. The third-order valence-corrected chi connectivity index (χ3v) is 6.11. The van der Waals surface area contributed by atoms with Crippen LogP contribution in [0.3, 0.4) is 0 Å². The van der Waals surface area contributed by atoms with Crippen molar-refractivity contribution in [1.29, 1.82) is 0 Å². The standard InChI is InChI=1S/C25H32N2O5/c1-29-19-7-9-23(30-2)20(15-19)21(27-10-4-3-5-11-27)16-26-17-22(28)18-6-8-24-25(14-18)32-13-12-31-24/h6-9,14-15,21,26H,3-5,10-13,16-17H2,1-2H3. The summed E-state index contributed by atoms with van der Waals surface area (Å²) in [6.45, 7) is 3.98. The fourth-order valence-corrected chi connectivity index (χ4v) is 4.41. The molecule has 0 aromatic heterocycles. The van der Waals surface area contributed by atoms with Gasteiger partial charge in [0.05, 0.1) is 26.8 Å². The lowest BCUT2D eigenvalue weighted by Gasteiger charge is -2.35. The van der Waals surface area contributed by atoms with Crippen LogP contribution in [0.2, 0.25) is 0 Å². The summed E-state index contributed by atoms with van der Waals surface area (Å²) < 4.78 is 22.3. The van der Waals surface area contributed by atoms with Crippen LogP contribution in [0, 0.1) is 0 Å². The van der Waals surface area contributed by atoms with E-state index in [0.717, 1.165) is 30.2 Å². The van der Waals surface area contributed by atoms with Crippen LogP contribution in [0.25, 0.3) is 0 Å². The molecule has 7 heteroatoms. The fourth-order valence-electron chi connectivity index (χ4n) is 4.41. The van der Waals surface area contributed by atoms with Crippen LogP contribution in [-0.4, -0.2) is 64.3 Å². The number of likely N-dealkylation sites (tertiary alicyclic amines) is 1. The van der Waals surface area contributed by atoms with Crippen molar-refractivity contribution >= 4 is 5.78 Å². The van der Waals surface area contributed by atoms with E-state index in [1.165, 1.54) is 19.3 Å². The molecule has 32 heavy (non-hydrogen) atoms. The molecular formula is C25H32N2O5. The van der Waals surface area contributed by atoms with Crippen LogP contribution in [0.1, 0.15) is 41.2 Å². The average Bonchev–Trinajstić information content (AvgIpc) is 2.86. The number of nitrogens with zero attached hydrogens (tertiary/aromatic N) is 1. The highest BCUT2D eigenvalue weighted by Gasteiger charge is 2.26. The highest BCUT2D eigenvalue weighted by molar-refractivity contribution is 5.98. The number of hydrogen-bond acceptors (Lipinski definition) is 7. The average molecular weight is 441 g/mol. The van der Waals surface area contributed by atoms with Gasteiger partial charge in [-0.15, -0.1) is 0 Å². The molecule has 1 atom stereocenters. The number of methoxy groups -OCH3 is 2. The number of carbonyl (C=O) groups excluding carboxylic acids is 1. The van der Waals surface area contributed by atoms with E-state index in [0.29, 0.717) is 36.8 Å². The van der Waals surface area contributed by atoms with Crippen LogP contribution in [0.5, 0.6) is 23.0 Å². The third-order valence-electron chi connectivity index (χ3n) is 6.11. The molecule has 1 unspecified atom stereocenters. The van der Waals surface area contributed by atoms with Crippen molar-refractivity contribution in [1.82, 2.24) is 10.2 Å². The molecule has 172 valence electrons. The Morgan fingerprint density at radius 1 is 1.00 bits per heavy atom. The second-order valence-corrected chi connectivity index (χ2v) is 8.13. The third kappa shape index (κ3) is 5.16. The molecule has 1 N–H and O–H groups in total. The number of carbonyl (C=O) groups is 1. The summed E-state index contributed by atoms with van der Waals surface area (Å²) in [6, 6.07) is 11.4. The first kappa shape index (κ1) is 22.4. The number of piperidine rings is 1. The summed E-state index contributed by atoms with van der Waals surface area (Å²) in [5, 5.41) is 3.39. The van der Waals surface area contributed by atoms with E-state index >= 15 is 0 Å². The van der Waals surface area contributed by atoms with Crippen LogP contribution in [-0.2, 0) is 0 Å². The lowest BCUT2D eigenvalue weighted by atomic mass is 10.00. The van der Waals surface area contributed by atoms with E-state index in [2.05, 4.69) is 10.2 Å². The number of hydrogen-bond donors (Lipinski definition) is 1. The van der Waals surface area contributed by atoms with Gasteiger partial charge in [-0.3, -0.25) is 9.69 Å². The van der Waals surface area contributed by atoms with Gasteiger partial charge < -0.3 is 24.3 Å². The van der Waals surface area contributed by atoms with Gasteiger partial charge in [0.2, 0.25) is 0 Å². The number of Topliss-reactive ketones (excluding diaryl/α,β-unsaturated/α-hetero) is 1. The Bertz CT molecular complexity index is 927. The normalized spacial score (nSPS) is 16.9. The highest BCUT2D eigenvalue weighted by atomic mass is 16.6. The lowest BCUT2D eigenvalue weighted by Crippen LogP contribution is -2.40. The van der Waals surface area contributed by atoms with E-state index in [1.807, 2.05) is 18.2 Å². The molecule has 0 spiro atoms. The van der Waals surface area contributed by atoms with Crippen LogP contribution in [0.15, 0.2) is 36.4 Å². The van der Waals surface area contributed by atoms with Crippen molar-refractivity contribution in [2.45, 2.75) is 25.3 Å². The Morgan fingerprint density at radius 2 is 1.78 bits per heavy atom. The predicted octanol–water partition coefficient (Wildman–Crippen LogP) is 3.47. The molecule has 2 aliphatic heterocycles. The first-order valence-electron chi connectivity index (χ1n) is 11.3. The Morgan fingerprint density at radius 3 is 2.53 bits per heavy atom. The zero-order valence-electron chi connectivity index (χ0n) is 18.9. The minimum Gasteiger partial charge on any atom is -0.497 e. The minimum atomic E-state index is 0.0250. The quantitative estimate of drug-likeness (QED) is 0.599. The fraction of sp³-hybridized carbons (Fsp3) is 0.480. The van der Waals surface area contributed by atoms with E-state index < -0.39 is 0 Å². The van der Waals surface area contributed by atoms with Gasteiger partial charge in [0.25, 0.3) is 0 Å². The minimum absolute atomic E-state index is 0.0250. The van der Waals surface area contributed by atoms with Crippen molar-refractivity contribution in [3.63, 3.8) is 0 Å². The molecule has 2 heterocycles. The van der Waals surface area contributed by atoms with Crippen molar-refractivity contribution in [2.24, 2.45) is 0 Å². The zero-order chi connectivity index (χ0) is 22.3. The van der Waals surface area contributed by atoms with Gasteiger partial charge in [-0.05, 0) is 62.3 Å². The summed E-state index contributed by atoms with van der Waals surface area (Å²) in [5.74, 6) is 2.99. The summed E-state index contributed by atoms with van der Waals surface area (Å²) in [7, 11) is 3.36. The van der Waals surface area contributed by atoms with Crippen LogP contribution < -0.4 is 24.3 Å². The molecule has 0 radical (unpaired) electrons. The van der Waals surface area contributed by atoms with Gasteiger partial charge in [0.15, 0.2) is 17.3 Å². The SMILES string of the molecule is COc1ccc(OC)c(C(CNCC(=O)c2ccc3c(c2)OCCO3)N2CCCCC2)c1. The maximum Gasteiger partial charge on any atom is 0.176 e. The molecule has 0 aliphatic carbocycles. The summed E-state index contributed by atoms with van der Waals surface area (Å²) in [6.07, 6.45) is 3.62. The van der Waals surface area contributed by atoms with Crippen molar-refractivity contribution in [2.75, 3.05) is 53.6 Å². The van der Waals surface area contributed by atoms with Crippen molar-refractivity contribution in [3.8, 4) is 23.0 Å². The highest BCUT2D eigenvalue weighted by Crippen LogP contribution is 2.34. The van der Waals surface area contributed by atoms with Gasteiger partial charge in [-0.1, -0.05) is 6.42 Å². The largest absolute Gasteiger partial charge is 0.497 e. The number of nitrogens with one attached hydrogen (secondary N) is 1. The van der Waals surface area contributed by atoms with E-state index in [1.54, 1.807) is 32.4 Å². The topological polar surface area (TPSA) is 69.3 Å². The van der Waals surface area contributed by atoms with Gasteiger partial charge in [-0.2, -0.15) is 0 Å². The van der Waals surface area contributed by atoms with Gasteiger partial charge in [0.1, 0.15) is 24.7 Å². The van der Waals surface area contributed by atoms with Gasteiger partial charge >= 0.3 is 0 Å². The lowest BCUT2D eigenvalue weighted by molar-refractivity contribution is 0.0982. The van der Waals surface area contributed by atoms with Gasteiger partial charge in [0, 0.05) is 17.7 Å². The smallest absolute Gasteiger partial charge is 0.176 e. The predicted molar refractivity (Wildman–Crippen MR) is 122 cm³/mol. The Balaban J connectivity index is 1.47. The van der Waals surface area contributed by atoms with E-state index in [9.17, 15) is 4.79 Å². The Hall–Kier alpha value is -2.77. The van der Waals surface area contributed by atoms with E-state index in [-0.39, 0.29) is 18.4 Å². The molecule has 2 aliphatic rings. The second-order valence-electron chi connectivity index (χ2n) is 8.13.